The standard InChI is InChI=1S/C18H12N4O3S2/c23-15(19-12-7-4-8-13-16(12)21-25-20-13)10-22-17(24)14(27-18(22)26)9-11-5-2-1-3-6-11/h1-9H,10H2,(H,19,23). The third-order valence-corrected chi connectivity index (χ3v) is 5.21. The summed E-state index contributed by atoms with van der Waals surface area (Å²) >= 11 is 6.45. The van der Waals surface area contributed by atoms with Crippen LogP contribution >= 0.6 is 24.0 Å². The number of carbonyl (C=O) groups excluding carboxylic acids is 2. The van der Waals surface area contributed by atoms with Crippen molar-refractivity contribution in [2.24, 2.45) is 0 Å². The van der Waals surface area contributed by atoms with Crippen molar-refractivity contribution in [3.8, 4) is 0 Å². The van der Waals surface area contributed by atoms with E-state index in [1.165, 1.54) is 16.7 Å². The smallest absolute Gasteiger partial charge is 0.266 e. The third kappa shape index (κ3) is 3.60. The number of benzene rings is 2. The van der Waals surface area contributed by atoms with Crippen molar-refractivity contribution in [3.63, 3.8) is 0 Å². The predicted octanol–water partition coefficient (Wildman–Crippen LogP) is 3.06. The van der Waals surface area contributed by atoms with Crippen molar-refractivity contribution in [2.75, 3.05) is 11.9 Å². The van der Waals surface area contributed by atoms with Gasteiger partial charge in [0, 0.05) is 0 Å². The quantitative estimate of drug-likeness (QED) is 0.535. The van der Waals surface area contributed by atoms with Gasteiger partial charge in [0.25, 0.3) is 5.91 Å². The molecule has 4 rings (SSSR count). The Kier molecular flexibility index (Phi) is 4.69. The van der Waals surface area contributed by atoms with E-state index in [2.05, 4.69) is 20.3 Å². The van der Waals surface area contributed by atoms with Crippen molar-refractivity contribution in [1.82, 2.24) is 15.2 Å². The van der Waals surface area contributed by atoms with Gasteiger partial charge >= 0.3 is 0 Å². The maximum absolute atomic E-state index is 12.6. The molecule has 0 unspecified atom stereocenters. The lowest BCUT2D eigenvalue weighted by Gasteiger charge is -2.14. The lowest BCUT2D eigenvalue weighted by atomic mass is 10.2. The second kappa shape index (κ2) is 7.29. The van der Waals surface area contributed by atoms with Crippen LogP contribution in [-0.4, -0.2) is 37.9 Å². The van der Waals surface area contributed by atoms with Gasteiger partial charge in [0.05, 0.1) is 10.6 Å². The van der Waals surface area contributed by atoms with E-state index >= 15 is 0 Å². The fourth-order valence-corrected chi connectivity index (χ4v) is 3.83. The van der Waals surface area contributed by atoms with Gasteiger partial charge in [0.1, 0.15) is 16.4 Å². The number of thioether (sulfide) groups is 1. The van der Waals surface area contributed by atoms with Gasteiger partial charge in [-0.15, -0.1) is 0 Å². The molecule has 1 N–H and O–H groups in total. The maximum Gasteiger partial charge on any atom is 0.266 e. The molecule has 0 saturated carbocycles. The van der Waals surface area contributed by atoms with Crippen LogP contribution in [0.25, 0.3) is 17.1 Å². The summed E-state index contributed by atoms with van der Waals surface area (Å²) in [7, 11) is 0. The number of hydrogen-bond acceptors (Lipinski definition) is 7. The van der Waals surface area contributed by atoms with E-state index < -0.39 is 0 Å². The van der Waals surface area contributed by atoms with Crippen LogP contribution in [0.1, 0.15) is 5.56 Å². The zero-order valence-electron chi connectivity index (χ0n) is 13.8. The Labute approximate surface area is 163 Å². The molecular formula is C18H12N4O3S2. The van der Waals surface area contributed by atoms with Gasteiger partial charge in [-0.25, -0.2) is 4.63 Å². The molecule has 1 aromatic heterocycles. The minimum Gasteiger partial charge on any atom is -0.322 e. The Bertz CT molecular complexity index is 1080. The number of carbonyl (C=O) groups is 2. The fourth-order valence-electron chi connectivity index (χ4n) is 2.58. The van der Waals surface area contributed by atoms with Gasteiger partial charge in [-0.3, -0.25) is 14.5 Å². The molecule has 3 aromatic rings. The Morgan fingerprint density at radius 2 is 2.00 bits per heavy atom. The number of amides is 2. The zero-order valence-corrected chi connectivity index (χ0v) is 15.4. The monoisotopic (exact) mass is 396 g/mol. The van der Waals surface area contributed by atoms with E-state index in [0.717, 1.165) is 5.56 Å². The summed E-state index contributed by atoms with van der Waals surface area (Å²) in [4.78, 5) is 26.8. The molecule has 134 valence electrons. The van der Waals surface area contributed by atoms with Gasteiger partial charge in [0.15, 0.2) is 5.52 Å². The van der Waals surface area contributed by atoms with Crippen molar-refractivity contribution in [3.05, 3.63) is 59.0 Å². The lowest BCUT2D eigenvalue weighted by molar-refractivity contribution is -0.126. The summed E-state index contributed by atoms with van der Waals surface area (Å²) in [6.07, 6.45) is 1.76. The zero-order chi connectivity index (χ0) is 18.8. The van der Waals surface area contributed by atoms with Gasteiger partial charge in [0.2, 0.25) is 5.91 Å². The number of thiocarbonyl (C=S) groups is 1. The lowest BCUT2D eigenvalue weighted by Crippen LogP contribution is -2.36. The van der Waals surface area contributed by atoms with E-state index in [4.69, 9.17) is 12.2 Å². The Morgan fingerprint density at radius 3 is 2.81 bits per heavy atom. The van der Waals surface area contributed by atoms with E-state index in [1.54, 1.807) is 24.3 Å². The van der Waals surface area contributed by atoms with Crippen LogP contribution in [0.2, 0.25) is 0 Å². The molecule has 1 aliphatic heterocycles. The summed E-state index contributed by atoms with van der Waals surface area (Å²) < 4.78 is 5.02. The molecule has 1 fully saturated rings. The van der Waals surface area contributed by atoms with Crippen LogP contribution in [0.4, 0.5) is 5.69 Å². The van der Waals surface area contributed by atoms with Gasteiger partial charge in [-0.05, 0) is 34.1 Å². The number of anilines is 1. The summed E-state index contributed by atoms with van der Waals surface area (Å²) in [5.41, 5.74) is 2.33. The van der Waals surface area contributed by atoms with E-state index in [9.17, 15) is 9.59 Å². The summed E-state index contributed by atoms with van der Waals surface area (Å²) in [5, 5.41) is 10.2. The van der Waals surface area contributed by atoms with Gasteiger partial charge in [-0.2, -0.15) is 0 Å². The molecule has 2 amide bonds. The maximum atomic E-state index is 12.6. The van der Waals surface area contributed by atoms with Gasteiger partial charge in [-0.1, -0.05) is 60.4 Å². The van der Waals surface area contributed by atoms with E-state index in [0.29, 0.717) is 25.9 Å². The number of hydrogen-bond donors (Lipinski definition) is 1. The highest BCUT2D eigenvalue weighted by Crippen LogP contribution is 2.32. The Morgan fingerprint density at radius 1 is 1.19 bits per heavy atom. The van der Waals surface area contributed by atoms with Crippen LogP contribution in [0.3, 0.4) is 0 Å². The van der Waals surface area contributed by atoms with Crippen molar-refractivity contribution < 1.29 is 14.2 Å². The predicted molar refractivity (Wildman–Crippen MR) is 107 cm³/mol. The molecule has 2 heterocycles. The van der Waals surface area contributed by atoms with Crippen molar-refractivity contribution in [1.29, 1.82) is 0 Å². The van der Waals surface area contributed by atoms with E-state index in [1.807, 2.05) is 30.3 Å². The normalized spacial score (nSPS) is 15.7. The molecule has 0 atom stereocenters. The molecule has 9 heteroatoms. The molecule has 27 heavy (non-hydrogen) atoms. The largest absolute Gasteiger partial charge is 0.322 e. The molecule has 0 spiro atoms. The van der Waals surface area contributed by atoms with Crippen molar-refractivity contribution >= 4 is 62.9 Å². The van der Waals surface area contributed by atoms with Crippen LogP contribution < -0.4 is 5.32 Å². The minimum absolute atomic E-state index is 0.182. The number of aromatic nitrogens is 2. The molecule has 1 aliphatic rings. The molecule has 0 radical (unpaired) electrons. The Hall–Kier alpha value is -3.04. The molecule has 1 saturated heterocycles. The number of nitrogens with one attached hydrogen (secondary N) is 1. The third-order valence-electron chi connectivity index (χ3n) is 3.83. The fraction of sp³-hybridized carbons (Fsp3) is 0.0556. The first-order valence-corrected chi connectivity index (χ1v) is 9.16. The summed E-state index contributed by atoms with van der Waals surface area (Å²) in [6, 6.07) is 14.6. The van der Waals surface area contributed by atoms with Crippen molar-refractivity contribution in [2.45, 2.75) is 0 Å². The highest BCUT2D eigenvalue weighted by atomic mass is 32.2. The molecule has 0 bridgehead atoms. The summed E-state index contributed by atoms with van der Waals surface area (Å²) in [6.45, 7) is -0.182. The van der Waals surface area contributed by atoms with E-state index in [-0.39, 0.29) is 18.4 Å². The Balaban J connectivity index is 1.48. The number of rotatable bonds is 4. The average molecular weight is 396 g/mol. The second-order valence-corrected chi connectivity index (χ2v) is 7.34. The molecule has 7 nitrogen and oxygen atoms in total. The minimum atomic E-state index is -0.386. The van der Waals surface area contributed by atoms with Crippen LogP contribution in [-0.2, 0) is 9.59 Å². The summed E-state index contributed by atoms with van der Waals surface area (Å²) in [5.74, 6) is -0.673. The molecule has 2 aromatic carbocycles. The SMILES string of the molecule is O=C(CN1C(=O)C(=Cc2ccccc2)SC1=S)Nc1cccc2nonc12. The first kappa shape index (κ1) is 17.4. The highest BCUT2D eigenvalue weighted by molar-refractivity contribution is 8.26. The topological polar surface area (TPSA) is 88.3 Å². The first-order chi connectivity index (χ1) is 13.1. The van der Waals surface area contributed by atoms with Crippen LogP contribution in [0, 0.1) is 0 Å². The van der Waals surface area contributed by atoms with Crippen LogP contribution in [0.5, 0.6) is 0 Å². The first-order valence-electron chi connectivity index (χ1n) is 7.93. The van der Waals surface area contributed by atoms with Crippen LogP contribution in [0.15, 0.2) is 58.1 Å². The molecular weight excluding hydrogens is 384 g/mol. The number of nitrogens with zero attached hydrogens (tertiary/aromatic N) is 3. The molecule has 0 aliphatic carbocycles. The van der Waals surface area contributed by atoms with Gasteiger partial charge < -0.3 is 5.32 Å². The number of fused-ring (bicyclic) bond motifs is 1. The second-order valence-electron chi connectivity index (χ2n) is 5.66. The highest BCUT2D eigenvalue weighted by Gasteiger charge is 2.33. The average Bonchev–Trinajstić information content (AvgIpc) is 3.24.